The van der Waals surface area contributed by atoms with Crippen molar-refractivity contribution in [3.63, 3.8) is 0 Å². The van der Waals surface area contributed by atoms with Gasteiger partial charge in [0.1, 0.15) is 10.8 Å². The van der Waals surface area contributed by atoms with Crippen LogP contribution in [0.5, 0.6) is 5.75 Å². The molecule has 0 aliphatic heterocycles. The Balaban J connectivity index is 2.04. The van der Waals surface area contributed by atoms with Crippen LogP contribution in [0.3, 0.4) is 0 Å². The Kier molecular flexibility index (Phi) is 3.38. The highest BCUT2D eigenvalue weighted by Gasteiger charge is 2.11. The third-order valence-electron chi connectivity index (χ3n) is 2.98. The van der Waals surface area contributed by atoms with Crippen molar-refractivity contribution in [1.29, 1.82) is 0 Å². The van der Waals surface area contributed by atoms with Gasteiger partial charge in [-0.05, 0) is 30.3 Å². The van der Waals surface area contributed by atoms with E-state index in [1.165, 1.54) is 17.5 Å². The molecule has 2 aromatic heterocycles. The first-order chi connectivity index (χ1) is 9.97. The predicted molar refractivity (Wildman–Crippen MR) is 82.5 cm³/mol. The van der Waals surface area contributed by atoms with E-state index in [-0.39, 0.29) is 4.90 Å². The van der Waals surface area contributed by atoms with Crippen LogP contribution < -0.4 is 4.74 Å². The van der Waals surface area contributed by atoms with E-state index in [0.717, 1.165) is 27.2 Å². The molecule has 0 N–H and O–H groups in total. The Morgan fingerprint density at radius 2 is 2.00 bits per heavy atom. The quantitative estimate of drug-likeness (QED) is 0.742. The molecule has 0 aliphatic carbocycles. The number of pyridine rings is 1. The van der Waals surface area contributed by atoms with Gasteiger partial charge in [0.05, 0.1) is 27.9 Å². The average molecular weight is 320 g/mol. The van der Waals surface area contributed by atoms with Crippen LogP contribution in [0.4, 0.5) is 0 Å². The summed E-state index contributed by atoms with van der Waals surface area (Å²) in [7, 11) is -1.61. The number of fused-ring (bicyclic) bond motifs is 1. The Morgan fingerprint density at radius 3 is 2.62 bits per heavy atom. The molecular formula is C14H12N2O3S2. The van der Waals surface area contributed by atoms with Crippen LogP contribution in [0, 0.1) is 0 Å². The van der Waals surface area contributed by atoms with E-state index >= 15 is 0 Å². The van der Waals surface area contributed by atoms with Crippen molar-refractivity contribution in [2.45, 2.75) is 4.90 Å². The van der Waals surface area contributed by atoms with E-state index in [2.05, 4.69) is 9.97 Å². The summed E-state index contributed by atoms with van der Waals surface area (Å²) < 4.78 is 29.0. The predicted octanol–water partition coefficient (Wildman–Crippen LogP) is 2.77. The van der Waals surface area contributed by atoms with Gasteiger partial charge < -0.3 is 4.74 Å². The van der Waals surface area contributed by atoms with E-state index < -0.39 is 9.84 Å². The molecule has 3 aromatic rings. The number of ether oxygens (including phenoxy) is 1. The number of benzene rings is 1. The fourth-order valence-corrected chi connectivity index (χ4v) is 3.40. The minimum absolute atomic E-state index is 0.203. The highest BCUT2D eigenvalue weighted by molar-refractivity contribution is 7.90. The molecule has 108 valence electrons. The molecule has 3 rings (SSSR count). The Hall–Kier alpha value is -1.99. The summed E-state index contributed by atoms with van der Waals surface area (Å²) in [5, 5.41) is 0.748. The second kappa shape index (κ2) is 5.09. The minimum atomic E-state index is -3.23. The fourth-order valence-electron chi connectivity index (χ4n) is 1.87. The summed E-state index contributed by atoms with van der Waals surface area (Å²) in [6.45, 7) is 0. The highest BCUT2D eigenvalue weighted by atomic mass is 32.2. The SMILES string of the molecule is COc1ccc2nc(-c3ccc(S(C)(=O)=O)cn3)sc2c1. The lowest BCUT2D eigenvalue weighted by Crippen LogP contribution is -1.97. The molecule has 0 atom stereocenters. The molecule has 0 radical (unpaired) electrons. The van der Waals surface area contributed by atoms with Crippen molar-refractivity contribution in [1.82, 2.24) is 9.97 Å². The van der Waals surface area contributed by atoms with Crippen LogP contribution in [0.15, 0.2) is 41.4 Å². The molecule has 0 fully saturated rings. The number of hydrogen-bond acceptors (Lipinski definition) is 6. The number of nitrogens with zero attached hydrogens (tertiary/aromatic N) is 2. The van der Waals surface area contributed by atoms with Crippen molar-refractivity contribution >= 4 is 31.4 Å². The highest BCUT2D eigenvalue weighted by Crippen LogP contribution is 2.31. The van der Waals surface area contributed by atoms with Crippen molar-refractivity contribution in [2.75, 3.05) is 13.4 Å². The van der Waals surface area contributed by atoms with Gasteiger partial charge >= 0.3 is 0 Å². The summed E-state index contributed by atoms with van der Waals surface area (Å²) in [5.74, 6) is 0.776. The summed E-state index contributed by atoms with van der Waals surface area (Å²) in [6, 6.07) is 8.88. The van der Waals surface area contributed by atoms with Gasteiger partial charge in [0.15, 0.2) is 9.84 Å². The zero-order valence-electron chi connectivity index (χ0n) is 11.4. The average Bonchev–Trinajstić information content (AvgIpc) is 2.89. The molecule has 1 aromatic carbocycles. The molecule has 0 amide bonds. The van der Waals surface area contributed by atoms with Gasteiger partial charge in [-0.15, -0.1) is 11.3 Å². The second-order valence-electron chi connectivity index (χ2n) is 4.50. The Morgan fingerprint density at radius 1 is 1.19 bits per heavy atom. The molecule has 2 heterocycles. The van der Waals surface area contributed by atoms with E-state index in [9.17, 15) is 8.42 Å². The molecule has 0 spiro atoms. The maximum atomic E-state index is 11.4. The first-order valence-corrected chi connectivity index (χ1v) is 8.79. The van der Waals surface area contributed by atoms with Gasteiger partial charge in [-0.2, -0.15) is 0 Å². The summed E-state index contributed by atoms with van der Waals surface area (Å²) in [6.07, 6.45) is 2.52. The zero-order chi connectivity index (χ0) is 15.0. The lowest BCUT2D eigenvalue weighted by Gasteiger charge is -1.98. The standard InChI is InChI=1S/C14H12N2O3S2/c1-19-9-3-5-11-13(7-9)20-14(16-11)12-6-4-10(8-15-12)21(2,17)18/h3-8H,1-2H3. The van der Waals surface area contributed by atoms with Crippen LogP contribution in [0.2, 0.25) is 0 Å². The first kappa shape index (κ1) is 14.0. The number of rotatable bonds is 3. The van der Waals surface area contributed by atoms with Gasteiger partial charge in [0.2, 0.25) is 0 Å². The van der Waals surface area contributed by atoms with Gasteiger partial charge in [0.25, 0.3) is 0 Å². The fraction of sp³-hybridized carbons (Fsp3) is 0.143. The van der Waals surface area contributed by atoms with Gasteiger partial charge in [-0.1, -0.05) is 0 Å². The molecular weight excluding hydrogens is 308 g/mol. The van der Waals surface area contributed by atoms with Crippen molar-refractivity contribution in [2.24, 2.45) is 0 Å². The zero-order valence-corrected chi connectivity index (χ0v) is 13.0. The van der Waals surface area contributed by atoms with E-state index in [4.69, 9.17) is 4.74 Å². The maximum absolute atomic E-state index is 11.4. The third-order valence-corrected chi connectivity index (χ3v) is 5.12. The summed E-state index contributed by atoms with van der Waals surface area (Å²) in [5.41, 5.74) is 1.52. The molecule has 7 heteroatoms. The smallest absolute Gasteiger partial charge is 0.177 e. The van der Waals surface area contributed by atoms with E-state index in [1.807, 2.05) is 18.2 Å². The molecule has 0 unspecified atom stereocenters. The van der Waals surface area contributed by atoms with Crippen LogP contribution >= 0.6 is 11.3 Å². The van der Waals surface area contributed by atoms with Crippen LogP contribution in [-0.2, 0) is 9.84 Å². The normalized spacial score (nSPS) is 11.7. The van der Waals surface area contributed by atoms with E-state index in [1.54, 1.807) is 19.2 Å². The second-order valence-corrected chi connectivity index (χ2v) is 7.55. The molecule has 0 saturated heterocycles. The van der Waals surface area contributed by atoms with Crippen LogP contribution in [0.1, 0.15) is 0 Å². The Bertz CT molecular complexity index is 900. The third kappa shape index (κ3) is 2.74. The molecule has 0 saturated carbocycles. The number of hydrogen-bond donors (Lipinski definition) is 0. The molecule has 21 heavy (non-hydrogen) atoms. The van der Waals surface area contributed by atoms with Crippen molar-refractivity contribution in [3.8, 4) is 16.5 Å². The summed E-state index contributed by atoms with van der Waals surface area (Å²) >= 11 is 1.49. The molecule has 5 nitrogen and oxygen atoms in total. The number of aromatic nitrogens is 2. The number of sulfone groups is 1. The van der Waals surface area contributed by atoms with Crippen LogP contribution in [0.25, 0.3) is 20.9 Å². The lowest BCUT2D eigenvalue weighted by molar-refractivity contribution is 0.415. The Labute approximate surface area is 126 Å². The molecule has 0 bridgehead atoms. The van der Waals surface area contributed by atoms with Crippen molar-refractivity contribution in [3.05, 3.63) is 36.5 Å². The maximum Gasteiger partial charge on any atom is 0.177 e. The topological polar surface area (TPSA) is 69.2 Å². The van der Waals surface area contributed by atoms with Gasteiger partial charge in [-0.25, -0.2) is 13.4 Å². The minimum Gasteiger partial charge on any atom is -0.497 e. The lowest BCUT2D eigenvalue weighted by atomic mass is 10.3. The number of methoxy groups -OCH3 is 1. The molecule has 0 aliphatic rings. The van der Waals surface area contributed by atoms with Crippen LogP contribution in [-0.4, -0.2) is 31.8 Å². The van der Waals surface area contributed by atoms with E-state index in [0.29, 0.717) is 5.69 Å². The monoisotopic (exact) mass is 320 g/mol. The van der Waals surface area contributed by atoms with Gasteiger partial charge in [-0.3, -0.25) is 4.98 Å². The number of thiazole rings is 1. The van der Waals surface area contributed by atoms with Crippen molar-refractivity contribution < 1.29 is 13.2 Å². The summed E-state index contributed by atoms with van der Waals surface area (Å²) in [4.78, 5) is 8.89. The van der Waals surface area contributed by atoms with Gasteiger partial charge in [0, 0.05) is 12.5 Å². The first-order valence-electron chi connectivity index (χ1n) is 6.08. The largest absolute Gasteiger partial charge is 0.497 e.